The van der Waals surface area contributed by atoms with Gasteiger partial charge in [0, 0.05) is 31.9 Å². The van der Waals surface area contributed by atoms with E-state index in [9.17, 15) is 22.8 Å². The Hall–Kier alpha value is -3.95. The largest absolute Gasteiger partial charge is 0.419 e. The Balaban J connectivity index is 1.47. The maximum absolute atomic E-state index is 13.7. The number of primary amides is 1. The molecule has 0 unspecified atom stereocenters. The molecule has 1 aliphatic heterocycles. The zero-order valence-corrected chi connectivity index (χ0v) is 21.1. The quantitative estimate of drug-likeness (QED) is 0.441. The minimum absolute atomic E-state index is 0.0136. The molecule has 200 valence electrons. The number of rotatable bonds is 8. The van der Waals surface area contributed by atoms with Crippen molar-refractivity contribution < 1.29 is 22.8 Å². The van der Waals surface area contributed by atoms with Crippen molar-refractivity contribution >= 4 is 23.5 Å². The van der Waals surface area contributed by atoms with Crippen LogP contribution in [-0.2, 0) is 35.0 Å². The molecule has 0 radical (unpaired) electrons. The number of nitrogens with one attached hydrogen (secondary N) is 1. The number of piperidine rings is 1. The first-order valence-corrected chi connectivity index (χ1v) is 12.5. The Bertz CT molecular complexity index is 1290. The normalized spacial score (nSPS) is 14.4. The SMILES string of the molecule is CC(=O)N1CCC(c2ccc(Nc3ncc(C(F)(F)F)c(CCc4ccccc4CC(N)=O)n3)cc2)CC1. The lowest BCUT2D eigenvalue weighted by molar-refractivity contribution is -0.138. The van der Waals surface area contributed by atoms with E-state index in [-0.39, 0.29) is 36.8 Å². The molecule has 38 heavy (non-hydrogen) atoms. The van der Waals surface area contributed by atoms with Gasteiger partial charge in [-0.05, 0) is 60.4 Å². The van der Waals surface area contributed by atoms with Gasteiger partial charge in [0.05, 0.1) is 17.7 Å². The fourth-order valence-electron chi connectivity index (χ4n) is 4.81. The van der Waals surface area contributed by atoms with Crippen molar-refractivity contribution in [1.82, 2.24) is 14.9 Å². The van der Waals surface area contributed by atoms with E-state index in [4.69, 9.17) is 5.73 Å². The fourth-order valence-corrected chi connectivity index (χ4v) is 4.81. The van der Waals surface area contributed by atoms with E-state index in [1.54, 1.807) is 31.2 Å². The molecule has 0 aliphatic carbocycles. The van der Waals surface area contributed by atoms with Crippen LogP contribution in [0.1, 0.15) is 53.6 Å². The smallest absolute Gasteiger partial charge is 0.369 e. The summed E-state index contributed by atoms with van der Waals surface area (Å²) in [4.78, 5) is 32.9. The van der Waals surface area contributed by atoms with Crippen LogP contribution in [0.2, 0.25) is 0 Å². The summed E-state index contributed by atoms with van der Waals surface area (Å²) in [7, 11) is 0. The van der Waals surface area contributed by atoms with Crippen LogP contribution in [-0.4, -0.2) is 39.8 Å². The lowest BCUT2D eigenvalue weighted by atomic mass is 9.89. The van der Waals surface area contributed by atoms with Gasteiger partial charge in [-0.2, -0.15) is 13.2 Å². The Morgan fingerprint density at radius 3 is 2.29 bits per heavy atom. The second-order valence-corrected chi connectivity index (χ2v) is 9.49. The third kappa shape index (κ3) is 6.87. The third-order valence-electron chi connectivity index (χ3n) is 6.87. The summed E-state index contributed by atoms with van der Waals surface area (Å²) in [6.45, 7) is 3.04. The maximum atomic E-state index is 13.7. The van der Waals surface area contributed by atoms with E-state index in [0.717, 1.165) is 43.3 Å². The Labute approximate surface area is 219 Å². The topological polar surface area (TPSA) is 101 Å². The molecule has 2 heterocycles. The highest BCUT2D eigenvalue weighted by molar-refractivity contribution is 5.77. The number of aryl methyl sites for hydroxylation is 2. The second kappa shape index (κ2) is 11.6. The number of carbonyl (C=O) groups excluding carboxylic acids is 2. The van der Waals surface area contributed by atoms with E-state index >= 15 is 0 Å². The number of hydrogen-bond donors (Lipinski definition) is 2. The van der Waals surface area contributed by atoms with Gasteiger partial charge in [0.2, 0.25) is 17.8 Å². The lowest BCUT2D eigenvalue weighted by Crippen LogP contribution is -2.36. The number of likely N-dealkylation sites (tertiary alicyclic amines) is 1. The molecule has 3 aromatic rings. The Kier molecular flexibility index (Phi) is 8.29. The zero-order valence-electron chi connectivity index (χ0n) is 21.1. The van der Waals surface area contributed by atoms with Crippen molar-refractivity contribution in [2.24, 2.45) is 5.73 Å². The van der Waals surface area contributed by atoms with Gasteiger partial charge in [0.25, 0.3) is 0 Å². The van der Waals surface area contributed by atoms with Crippen molar-refractivity contribution in [2.75, 3.05) is 18.4 Å². The second-order valence-electron chi connectivity index (χ2n) is 9.49. The number of hydrogen-bond acceptors (Lipinski definition) is 5. The van der Waals surface area contributed by atoms with Crippen LogP contribution in [0.15, 0.2) is 54.7 Å². The number of halogens is 3. The van der Waals surface area contributed by atoms with Crippen LogP contribution in [0.4, 0.5) is 24.8 Å². The van der Waals surface area contributed by atoms with Gasteiger partial charge in [-0.25, -0.2) is 9.97 Å². The molecule has 0 saturated carbocycles. The minimum atomic E-state index is -4.60. The number of aromatic nitrogens is 2. The lowest BCUT2D eigenvalue weighted by Gasteiger charge is -2.31. The molecule has 3 N–H and O–H groups in total. The van der Waals surface area contributed by atoms with Crippen LogP contribution in [0, 0.1) is 0 Å². The van der Waals surface area contributed by atoms with E-state index in [0.29, 0.717) is 17.2 Å². The molecule has 1 aliphatic rings. The first-order chi connectivity index (χ1) is 18.1. The molecule has 0 bridgehead atoms. The summed E-state index contributed by atoms with van der Waals surface area (Å²) >= 11 is 0. The van der Waals surface area contributed by atoms with Gasteiger partial charge in [-0.3, -0.25) is 9.59 Å². The number of nitrogens with two attached hydrogens (primary N) is 1. The van der Waals surface area contributed by atoms with Crippen LogP contribution < -0.4 is 11.1 Å². The number of benzene rings is 2. The first kappa shape index (κ1) is 27.1. The molecule has 0 atom stereocenters. The van der Waals surface area contributed by atoms with Gasteiger partial charge < -0.3 is 16.0 Å². The van der Waals surface area contributed by atoms with Gasteiger partial charge in [0.1, 0.15) is 0 Å². The van der Waals surface area contributed by atoms with E-state index in [2.05, 4.69) is 15.3 Å². The maximum Gasteiger partial charge on any atom is 0.419 e. The van der Waals surface area contributed by atoms with Gasteiger partial charge in [-0.1, -0.05) is 36.4 Å². The molecule has 1 aromatic heterocycles. The Morgan fingerprint density at radius 1 is 1.03 bits per heavy atom. The summed E-state index contributed by atoms with van der Waals surface area (Å²) < 4.78 is 41.1. The van der Waals surface area contributed by atoms with Crippen molar-refractivity contribution in [2.45, 2.75) is 51.1 Å². The monoisotopic (exact) mass is 525 g/mol. The molecular formula is C28H30F3N5O2. The summed E-state index contributed by atoms with van der Waals surface area (Å²) in [5.41, 5.74) is 7.55. The Morgan fingerprint density at radius 2 is 1.68 bits per heavy atom. The fraction of sp³-hybridized carbons (Fsp3) is 0.357. The predicted octanol–water partition coefficient (Wildman–Crippen LogP) is 4.78. The molecule has 1 fully saturated rings. The van der Waals surface area contributed by atoms with Crippen molar-refractivity contribution in [3.05, 3.63) is 82.7 Å². The highest BCUT2D eigenvalue weighted by atomic mass is 19.4. The van der Waals surface area contributed by atoms with Crippen LogP contribution >= 0.6 is 0 Å². The molecule has 0 spiro atoms. The van der Waals surface area contributed by atoms with E-state index in [1.165, 1.54) is 0 Å². The zero-order chi connectivity index (χ0) is 27.3. The van der Waals surface area contributed by atoms with Crippen LogP contribution in [0.5, 0.6) is 0 Å². The summed E-state index contributed by atoms with van der Waals surface area (Å²) in [6.07, 6.45) is -1.72. The average molecular weight is 526 g/mol. The molecular weight excluding hydrogens is 495 g/mol. The highest BCUT2D eigenvalue weighted by Crippen LogP contribution is 2.33. The summed E-state index contributed by atoms with van der Waals surface area (Å²) in [5.74, 6) is 0.00946. The van der Waals surface area contributed by atoms with Crippen molar-refractivity contribution in [3.8, 4) is 0 Å². The number of nitrogens with zero attached hydrogens (tertiary/aromatic N) is 3. The van der Waals surface area contributed by atoms with Gasteiger partial charge in [-0.15, -0.1) is 0 Å². The molecule has 7 nitrogen and oxygen atoms in total. The summed E-state index contributed by atoms with van der Waals surface area (Å²) in [6, 6.07) is 14.7. The number of alkyl halides is 3. The van der Waals surface area contributed by atoms with Crippen LogP contribution in [0.3, 0.4) is 0 Å². The predicted molar refractivity (Wildman–Crippen MR) is 138 cm³/mol. The molecule has 1 saturated heterocycles. The van der Waals surface area contributed by atoms with Crippen molar-refractivity contribution in [3.63, 3.8) is 0 Å². The number of anilines is 2. The third-order valence-corrected chi connectivity index (χ3v) is 6.87. The van der Waals surface area contributed by atoms with Gasteiger partial charge in [0.15, 0.2) is 0 Å². The highest BCUT2D eigenvalue weighted by Gasteiger charge is 2.35. The van der Waals surface area contributed by atoms with Gasteiger partial charge >= 0.3 is 6.18 Å². The average Bonchev–Trinajstić information content (AvgIpc) is 2.88. The standard InChI is InChI=1S/C28H30F3N5O2/c1-18(37)36-14-12-21(13-15-36)20-6-9-23(10-7-20)34-27-33-17-24(28(29,30)31)25(35-27)11-8-19-4-2-3-5-22(19)16-26(32)38/h2-7,9-10,17,21H,8,11-16H2,1H3,(H2,32,38)(H,33,34,35). The molecule has 10 heteroatoms. The molecule has 4 rings (SSSR count). The number of carbonyl (C=O) groups is 2. The first-order valence-electron chi connectivity index (χ1n) is 12.5. The summed E-state index contributed by atoms with van der Waals surface area (Å²) in [5, 5.41) is 3.01. The minimum Gasteiger partial charge on any atom is -0.369 e. The van der Waals surface area contributed by atoms with Crippen LogP contribution in [0.25, 0.3) is 0 Å². The van der Waals surface area contributed by atoms with Crippen molar-refractivity contribution in [1.29, 1.82) is 0 Å². The molecule has 2 amide bonds. The molecule has 2 aromatic carbocycles. The van der Waals surface area contributed by atoms with E-state index < -0.39 is 17.6 Å². The number of amides is 2. The van der Waals surface area contributed by atoms with E-state index in [1.807, 2.05) is 29.2 Å².